The number of hydrogen-bond acceptors (Lipinski definition) is 4. The first kappa shape index (κ1) is 17.4. The van der Waals surface area contributed by atoms with Crippen molar-refractivity contribution in [1.82, 2.24) is 0 Å². The standard InChI is InChI=1S/C19H22N2O3/c1-3-12-24-18-11-6-5-10-17(18)20-14-19(22)21-15-8-7-9-16(13-15)23-4-2/h3,5-11,13,20H,1,4,12,14H2,2H3,(H,21,22). The van der Waals surface area contributed by atoms with Crippen LogP contribution in [0.2, 0.25) is 0 Å². The van der Waals surface area contributed by atoms with Crippen LogP contribution in [-0.2, 0) is 4.79 Å². The van der Waals surface area contributed by atoms with Crippen LogP contribution in [-0.4, -0.2) is 25.7 Å². The van der Waals surface area contributed by atoms with Crippen molar-refractivity contribution >= 4 is 17.3 Å². The van der Waals surface area contributed by atoms with Gasteiger partial charge >= 0.3 is 0 Å². The van der Waals surface area contributed by atoms with E-state index >= 15 is 0 Å². The van der Waals surface area contributed by atoms with E-state index < -0.39 is 0 Å². The fourth-order valence-electron chi connectivity index (χ4n) is 2.10. The molecular formula is C19H22N2O3. The van der Waals surface area contributed by atoms with Crippen molar-refractivity contribution in [1.29, 1.82) is 0 Å². The van der Waals surface area contributed by atoms with E-state index in [0.29, 0.717) is 24.7 Å². The highest BCUT2D eigenvalue weighted by Crippen LogP contribution is 2.23. The van der Waals surface area contributed by atoms with Crippen LogP contribution in [0.1, 0.15) is 6.92 Å². The molecule has 2 aromatic carbocycles. The summed E-state index contributed by atoms with van der Waals surface area (Å²) in [5.41, 5.74) is 1.46. The molecule has 0 saturated carbocycles. The molecule has 0 spiro atoms. The summed E-state index contributed by atoms with van der Waals surface area (Å²) in [6.07, 6.45) is 1.68. The van der Waals surface area contributed by atoms with Gasteiger partial charge in [0, 0.05) is 11.8 Å². The van der Waals surface area contributed by atoms with Crippen molar-refractivity contribution in [2.75, 3.05) is 30.4 Å². The molecule has 126 valence electrons. The maximum Gasteiger partial charge on any atom is 0.243 e. The zero-order valence-electron chi connectivity index (χ0n) is 13.7. The van der Waals surface area contributed by atoms with Gasteiger partial charge in [-0.1, -0.05) is 30.9 Å². The van der Waals surface area contributed by atoms with Crippen LogP contribution in [0.25, 0.3) is 0 Å². The SMILES string of the molecule is C=CCOc1ccccc1NCC(=O)Nc1cccc(OCC)c1. The van der Waals surface area contributed by atoms with Crippen LogP contribution < -0.4 is 20.1 Å². The number of para-hydroxylation sites is 2. The summed E-state index contributed by atoms with van der Waals surface area (Å²) in [6.45, 7) is 6.67. The average molecular weight is 326 g/mol. The summed E-state index contributed by atoms with van der Waals surface area (Å²) in [7, 11) is 0. The Balaban J connectivity index is 1.91. The van der Waals surface area contributed by atoms with Gasteiger partial charge in [-0.3, -0.25) is 4.79 Å². The molecule has 0 aliphatic heterocycles. The Morgan fingerprint density at radius 3 is 2.79 bits per heavy atom. The molecule has 0 aromatic heterocycles. The Morgan fingerprint density at radius 1 is 1.17 bits per heavy atom. The van der Waals surface area contributed by atoms with Crippen LogP contribution >= 0.6 is 0 Å². The molecule has 5 heteroatoms. The normalized spacial score (nSPS) is 9.88. The smallest absolute Gasteiger partial charge is 0.243 e. The quantitative estimate of drug-likeness (QED) is 0.690. The number of amides is 1. The molecule has 0 radical (unpaired) electrons. The number of carbonyl (C=O) groups is 1. The first-order chi connectivity index (χ1) is 11.7. The predicted molar refractivity (Wildman–Crippen MR) is 96.9 cm³/mol. The van der Waals surface area contributed by atoms with E-state index in [1.165, 1.54) is 0 Å². The van der Waals surface area contributed by atoms with Crippen LogP contribution in [0, 0.1) is 0 Å². The van der Waals surface area contributed by atoms with Gasteiger partial charge in [0.2, 0.25) is 5.91 Å². The second kappa shape index (κ2) is 9.25. The summed E-state index contributed by atoms with van der Waals surface area (Å²) in [4.78, 5) is 12.1. The van der Waals surface area contributed by atoms with Crippen LogP contribution in [0.4, 0.5) is 11.4 Å². The molecule has 0 atom stereocenters. The highest BCUT2D eigenvalue weighted by Gasteiger charge is 2.06. The van der Waals surface area contributed by atoms with E-state index in [2.05, 4.69) is 17.2 Å². The number of hydrogen-bond donors (Lipinski definition) is 2. The molecule has 5 nitrogen and oxygen atoms in total. The van der Waals surface area contributed by atoms with Crippen LogP contribution in [0.15, 0.2) is 61.2 Å². The fourth-order valence-corrected chi connectivity index (χ4v) is 2.10. The molecule has 2 rings (SSSR count). The summed E-state index contributed by atoms with van der Waals surface area (Å²) in [5, 5.41) is 5.91. The predicted octanol–water partition coefficient (Wildman–Crippen LogP) is 3.70. The average Bonchev–Trinajstić information content (AvgIpc) is 2.59. The summed E-state index contributed by atoms with van der Waals surface area (Å²) in [6, 6.07) is 14.8. The fraction of sp³-hybridized carbons (Fsp3) is 0.211. The first-order valence-corrected chi connectivity index (χ1v) is 7.82. The van der Waals surface area contributed by atoms with Gasteiger partial charge in [0.25, 0.3) is 0 Å². The summed E-state index contributed by atoms with van der Waals surface area (Å²) < 4.78 is 11.0. The monoisotopic (exact) mass is 326 g/mol. The Bertz CT molecular complexity index is 686. The molecule has 2 N–H and O–H groups in total. The minimum absolute atomic E-state index is 0.132. The van der Waals surface area contributed by atoms with E-state index in [9.17, 15) is 4.79 Å². The first-order valence-electron chi connectivity index (χ1n) is 7.82. The van der Waals surface area contributed by atoms with Gasteiger partial charge in [-0.25, -0.2) is 0 Å². The van der Waals surface area contributed by atoms with Crippen molar-refractivity contribution in [3.63, 3.8) is 0 Å². The molecule has 0 saturated heterocycles. The highest BCUT2D eigenvalue weighted by atomic mass is 16.5. The van der Waals surface area contributed by atoms with E-state index in [1.54, 1.807) is 12.1 Å². The zero-order valence-corrected chi connectivity index (χ0v) is 13.7. The minimum Gasteiger partial charge on any atom is -0.494 e. The van der Waals surface area contributed by atoms with E-state index in [-0.39, 0.29) is 12.5 Å². The lowest BCUT2D eigenvalue weighted by atomic mass is 10.3. The molecule has 0 bridgehead atoms. The number of carbonyl (C=O) groups excluding carboxylic acids is 1. The number of anilines is 2. The molecular weight excluding hydrogens is 304 g/mol. The molecule has 0 aliphatic rings. The Hall–Kier alpha value is -2.95. The van der Waals surface area contributed by atoms with Crippen molar-refractivity contribution in [3.8, 4) is 11.5 Å². The highest BCUT2D eigenvalue weighted by molar-refractivity contribution is 5.94. The number of benzene rings is 2. The van der Waals surface area contributed by atoms with Crippen LogP contribution in [0.5, 0.6) is 11.5 Å². The van der Waals surface area contributed by atoms with Gasteiger partial charge in [0.1, 0.15) is 18.1 Å². The summed E-state index contributed by atoms with van der Waals surface area (Å²) >= 11 is 0. The van der Waals surface area contributed by atoms with Crippen LogP contribution in [0.3, 0.4) is 0 Å². The van der Waals surface area contributed by atoms with Gasteiger partial charge < -0.3 is 20.1 Å². The van der Waals surface area contributed by atoms with Crippen molar-refractivity contribution in [3.05, 3.63) is 61.2 Å². The second-order valence-corrected chi connectivity index (χ2v) is 4.96. The molecule has 2 aromatic rings. The molecule has 0 aliphatic carbocycles. The Labute approximate surface area is 142 Å². The van der Waals surface area contributed by atoms with Gasteiger partial charge in [-0.05, 0) is 31.2 Å². The van der Waals surface area contributed by atoms with Gasteiger partial charge in [0.05, 0.1) is 18.8 Å². The van der Waals surface area contributed by atoms with Crippen molar-refractivity contribution in [2.45, 2.75) is 6.92 Å². The maximum atomic E-state index is 12.1. The van der Waals surface area contributed by atoms with E-state index in [1.807, 2.05) is 49.4 Å². The Kier molecular flexibility index (Phi) is 6.71. The number of nitrogens with one attached hydrogen (secondary N) is 2. The topological polar surface area (TPSA) is 59.6 Å². The molecule has 1 amide bonds. The van der Waals surface area contributed by atoms with Gasteiger partial charge in [0.15, 0.2) is 0 Å². The largest absolute Gasteiger partial charge is 0.494 e. The van der Waals surface area contributed by atoms with Crippen molar-refractivity contribution in [2.24, 2.45) is 0 Å². The third kappa shape index (κ3) is 5.35. The van der Waals surface area contributed by atoms with Gasteiger partial charge in [-0.2, -0.15) is 0 Å². The molecule has 0 unspecified atom stereocenters. The zero-order chi connectivity index (χ0) is 17.2. The second-order valence-electron chi connectivity index (χ2n) is 4.96. The van der Waals surface area contributed by atoms with Crippen molar-refractivity contribution < 1.29 is 14.3 Å². The maximum absolute atomic E-state index is 12.1. The van der Waals surface area contributed by atoms with E-state index in [0.717, 1.165) is 11.4 Å². The van der Waals surface area contributed by atoms with Gasteiger partial charge in [-0.15, -0.1) is 0 Å². The number of ether oxygens (including phenoxy) is 2. The summed E-state index contributed by atoms with van der Waals surface area (Å²) in [5.74, 6) is 1.26. The minimum atomic E-state index is -0.151. The molecule has 24 heavy (non-hydrogen) atoms. The molecule has 0 heterocycles. The Morgan fingerprint density at radius 2 is 2.00 bits per heavy atom. The third-order valence-corrected chi connectivity index (χ3v) is 3.11. The molecule has 0 fully saturated rings. The lowest BCUT2D eigenvalue weighted by Gasteiger charge is -2.12. The third-order valence-electron chi connectivity index (χ3n) is 3.11. The number of rotatable bonds is 9. The van der Waals surface area contributed by atoms with E-state index in [4.69, 9.17) is 9.47 Å². The lowest BCUT2D eigenvalue weighted by Crippen LogP contribution is -2.22. The lowest BCUT2D eigenvalue weighted by molar-refractivity contribution is -0.114.